The number of rotatable bonds is 5. The van der Waals surface area contributed by atoms with Crippen LogP contribution in [0.25, 0.3) is 10.1 Å². The van der Waals surface area contributed by atoms with Crippen molar-refractivity contribution >= 4 is 57.3 Å². The molecule has 1 fully saturated rings. The van der Waals surface area contributed by atoms with Crippen LogP contribution in [0, 0.1) is 0 Å². The molecule has 34 heavy (non-hydrogen) atoms. The molecule has 12 heteroatoms. The Kier molecular flexibility index (Phi) is 7.88. The lowest BCUT2D eigenvalue weighted by molar-refractivity contribution is -0.137. The van der Waals surface area contributed by atoms with Crippen LogP contribution in [-0.4, -0.2) is 47.6 Å². The molecule has 1 saturated heterocycles. The number of aromatic nitrogens is 1. The van der Waals surface area contributed by atoms with Crippen LogP contribution in [0.3, 0.4) is 0 Å². The summed E-state index contributed by atoms with van der Waals surface area (Å²) in [5.41, 5.74) is -0.293. The highest BCUT2D eigenvalue weighted by molar-refractivity contribution is 7.20. The lowest BCUT2D eigenvalue weighted by Crippen LogP contribution is -2.32. The summed E-state index contributed by atoms with van der Waals surface area (Å²) in [4.78, 5) is 30.6. The number of fused-ring (bicyclic) bond motifs is 1. The topological polar surface area (TPSA) is 83.6 Å². The van der Waals surface area contributed by atoms with Crippen LogP contribution in [0.5, 0.6) is 0 Å². The van der Waals surface area contributed by atoms with Crippen LogP contribution in [0.2, 0.25) is 0 Å². The Morgan fingerprint density at radius 3 is 2.71 bits per heavy atom. The highest BCUT2D eigenvalue weighted by atomic mass is 35.5. The number of carbonyl (C=O) groups is 2. The molecule has 0 radical (unpaired) electrons. The summed E-state index contributed by atoms with van der Waals surface area (Å²) in [6.07, 6.45) is -2.51. The number of ether oxygens (including phenoxy) is 1. The van der Waals surface area contributed by atoms with E-state index in [0.717, 1.165) is 29.9 Å². The maximum Gasteiger partial charge on any atom is 0.416 e. The fourth-order valence-corrected chi connectivity index (χ4v) is 4.48. The minimum Gasteiger partial charge on any atom is -0.450 e. The molecule has 1 unspecified atom stereocenters. The normalized spacial score (nSPS) is 15.6. The zero-order chi connectivity index (χ0) is 23.6. The number of nitrogens with one attached hydrogen (secondary N) is 2. The molecule has 2 N–H and O–H groups in total. The van der Waals surface area contributed by atoms with Gasteiger partial charge in [0.25, 0.3) is 5.91 Å². The SMILES string of the molecule is CCOC(=O)N1CCC(Nc2ccc(NC(=O)c3cc4cc(C(F)(F)F)ccc4s3)cn2)C1.Cl. The summed E-state index contributed by atoms with van der Waals surface area (Å²) in [5.74, 6) is 0.179. The Bertz CT molecular complexity index is 1170. The lowest BCUT2D eigenvalue weighted by atomic mass is 10.1. The average Bonchev–Trinajstić information content (AvgIpc) is 3.41. The van der Waals surface area contributed by atoms with Crippen LogP contribution in [-0.2, 0) is 10.9 Å². The van der Waals surface area contributed by atoms with Gasteiger partial charge in [0, 0.05) is 23.8 Å². The van der Waals surface area contributed by atoms with Gasteiger partial charge in [-0.15, -0.1) is 23.7 Å². The maximum absolute atomic E-state index is 12.9. The third-order valence-corrected chi connectivity index (χ3v) is 6.27. The third-order valence-electron chi connectivity index (χ3n) is 5.16. The standard InChI is InChI=1S/C22H21F3N4O3S.ClH/c1-2-32-21(31)29-8-7-16(12-29)27-19-6-4-15(11-26-19)28-20(30)18-10-13-9-14(22(23,24)25)3-5-17(13)33-18;/h3-6,9-11,16H,2,7-8,12H2,1H3,(H,26,27)(H,28,30);1H. The van der Waals surface area contributed by atoms with Gasteiger partial charge in [-0.05, 0) is 55.1 Å². The number of pyridine rings is 1. The van der Waals surface area contributed by atoms with Crippen molar-refractivity contribution in [2.75, 3.05) is 30.3 Å². The van der Waals surface area contributed by atoms with Gasteiger partial charge < -0.3 is 20.3 Å². The fraction of sp³-hybridized carbons (Fsp3) is 0.318. The number of alkyl halides is 3. The molecule has 0 aliphatic carbocycles. The van der Waals surface area contributed by atoms with E-state index in [1.165, 1.54) is 18.3 Å². The van der Waals surface area contributed by atoms with Crippen LogP contribution in [0.4, 0.5) is 29.5 Å². The number of carbonyl (C=O) groups excluding carboxylic acids is 2. The molecule has 3 aromatic rings. The number of benzene rings is 1. The van der Waals surface area contributed by atoms with Gasteiger partial charge >= 0.3 is 12.3 Å². The van der Waals surface area contributed by atoms with Crippen molar-refractivity contribution < 1.29 is 27.5 Å². The number of hydrogen-bond acceptors (Lipinski definition) is 6. The Morgan fingerprint density at radius 2 is 2.03 bits per heavy atom. The molecule has 2 amide bonds. The Morgan fingerprint density at radius 1 is 1.24 bits per heavy atom. The van der Waals surface area contributed by atoms with Crippen LogP contribution in [0.15, 0.2) is 42.6 Å². The Hall–Kier alpha value is -3.05. The highest BCUT2D eigenvalue weighted by Crippen LogP contribution is 2.34. The summed E-state index contributed by atoms with van der Waals surface area (Å²) in [6, 6.07) is 8.30. The summed E-state index contributed by atoms with van der Waals surface area (Å²) in [5, 5.41) is 6.33. The van der Waals surface area contributed by atoms with E-state index in [-0.39, 0.29) is 24.5 Å². The number of likely N-dealkylation sites (tertiary alicyclic amines) is 1. The molecule has 1 atom stereocenters. The number of anilines is 2. The number of halogens is 4. The number of thiophene rings is 1. The molecular formula is C22H22ClF3N4O3S. The zero-order valence-electron chi connectivity index (χ0n) is 18.0. The number of hydrogen-bond donors (Lipinski definition) is 2. The summed E-state index contributed by atoms with van der Waals surface area (Å²) in [7, 11) is 0. The number of amides is 2. The van der Waals surface area contributed by atoms with E-state index < -0.39 is 17.6 Å². The van der Waals surface area contributed by atoms with Crippen LogP contribution < -0.4 is 10.6 Å². The van der Waals surface area contributed by atoms with Gasteiger partial charge in [-0.2, -0.15) is 13.2 Å². The monoisotopic (exact) mass is 514 g/mol. The Balaban J connectivity index is 0.00000324. The van der Waals surface area contributed by atoms with Crippen molar-refractivity contribution in [2.45, 2.75) is 25.6 Å². The average molecular weight is 515 g/mol. The highest BCUT2D eigenvalue weighted by Gasteiger charge is 2.31. The van der Waals surface area contributed by atoms with Gasteiger partial charge in [-0.1, -0.05) is 0 Å². The second-order valence-electron chi connectivity index (χ2n) is 7.52. The van der Waals surface area contributed by atoms with Crippen LogP contribution >= 0.6 is 23.7 Å². The molecule has 2 aromatic heterocycles. The van der Waals surface area contributed by atoms with Crippen molar-refractivity contribution in [1.29, 1.82) is 0 Å². The van der Waals surface area contributed by atoms with E-state index >= 15 is 0 Å². The quantitative estimate of drug-likeness (QED) is 0.461. The molecule has 182 valence electrons. The second kappa shape index (κ2) is 10.5. The predicted molar refractivity (Wildman–Crippen MR) is 127 cm³/mol. The first-order chi connectivity index (χ1) is 15.7. The first-order valence-corrected chi connectivity index (χ1v) is 11.1. The van der Waals surface area contributed by atoms with Crippen LogP contribution in [0.1, 0.15) is 28.6 Å². The second-order valence-corrected chi connectivity index (χ2v) is 8.61. The lowest BCUT2D eigenvalue weighted by Gasteiger charge is -2.16. The Labute approximate surface area is 203 Å². The fourth-order valence-electron chi connectivity index (χ4n) is 3.55. The number of nitrogens with zero attached hydrogens (tertiary/aromatic N) is 2. The van der Waals surface area contributed by atoms with Crippen molar-refractivity contribution in [2.24, 2.45) is 0 Å². The van der Waals surface area contributed by atoms with Gasteiger partial charge in [-0.25, -0.2) is 9.78 Å². The van der Waals surface area contributed by atoms with E-state index in [1.54, 1.807) is 24.0 Å². The minimum atomic E-state index is -4.43. The molecule has 4 rings (SSSR count). The van der Waals surface area contributed by atoms with Gasteiger partial charge in [0.1, 0.15) is 5.82 Å². The van der Waals surface area contributed by atoms with E-state index in [0.29, 0.717) is 46.2 Å². The molecule has 0 bridgehead atoms. The molecule has 7 nitrogen and oxygen atoms in total. The predicted octanol–water partition coefficient (Wildman–Crippen LogP) is 5.63. The van der Waals surface area contributed by atoms with E-state index in [2.05, 4.69) is 15.6 Å². The molecule has 1 aliphatic heterocycles. The summed E-state index contributed by atoms with van der Waals surface area (Å²) >= 11 is 1.12. The van der Waals surface area contributed by atoms with Crippen molar-refractivity contribution in [1.82, 2.24) is 9.88 Å². The van der Waals surface area contributed by atoms with Crippen molar-refractivity contribution in [3.63, 3.8) is 0 Å². The molecule has 0 spiro atoms. The van der Waals surface area contributed by atoms with E-state index in [4.69, 9.17) is 4.74 Å². The van der Waals surface area contributed by atoms with E-state index in [9.17, 15) is 22.8 Å². The van der Waals surface area contributed by atoms with E-state index in [1.807, 2.05) is 0 Å². The van der Waals surface area contributed by atoms with Gasteiger partial charge in [0.2, 0.25) is 0 Å². The van der Waals surface area contributed by atoms with Gasteiger partial charge in [0.05, 0.1) is 28.9 Å². The largest absolute Gasteiger partial charge is 0.450 e. The van der Waals surface area contributed by atoms with Gasteiger partial charge in [-0.3, -0.25) is 4.79 Å². The molecule has 3 heterocycles. The van der Waals surface area contributed by atoms with Crippen molar-refractivity contribution in [3.05, 3.63) is 53.0 Å². The summed E-state index contributed by atoms with van der Waals surface area (Å²) < 4.78 is 44.3. The zero-order valence-corrected chi connectivity index (χ0v) is 19.6. The molecule has 0 saturated carbocycles. The van der Waals surface area contributed by atoms with Crippen molar-refractivity contribution in [3.8, 4) is 0 Å². The third kappa shape index (κ3) is 5.89. The smallest absolute Gasteiger partial charge is 0.416 e. The molecular weight excluding hydrogens is 493 g/mol. The molecule has 1 aromatic carbocycles. The maximum atomic E-state index is 12.9. The minimum absolute atomic E-state index is 0. The first kappa shape index (κ1) is 25.6. The molecule has 1 aliphatic rings. The van der Waals surface area contributed by atoms with Gasteiger partial charge in [0.15, 0.2) is 0 Å². The summed E-state index contributed by atoms with van der Waals surface area (Å²) in [6.45, 7) is 3.21. The first-order valence-electron chi connectivity index (χ1n) is 10.3.